The smallest absolute Gasteiger partial charge is 0.338 e. The number of primary amides is 1. The van der Waals surface area contributed by atoms with Crippen LogP contribution in [0.25, 0.3) is 0 Å². The number of thiophene rings is 1. The first-order valence-electron chi connectivity index (χ1n) is 8.58. The molecule has 1 aromatic heterocycles. The Balaban J connectivity index is 1.80. The number of hydrogen-bond donors (Lipinski definition) is 2. The predicted molar refractivity (Wildman–Crippen MR) is 103 cm³/mol. The fourth-order valence-corrected chi connectivity index (χ4v) is 3.02. The maximum Gasteiger partial charge on any atom is 0.338 e. The quantitative estimate of drug-likeness (QED) is 0.478. The molecule has 2 aromatic rings. The molecule has 0 bridgehead atoms. The lowest BCUT2D eigenvalue weighted by Gasteiger charge is -2.08. The number of nitrogens with one attached hydrogen (secondary N) is 1. The molecule has 1 heterocycles. The molecule has 8 heteroatoms. The molecule has 0 saturated heterocycles. The van der Waals surface area contributed by atoms with Crippen LogP contribution < -0.4 is 15.8 Å². The SMILES string of the molecule is CCCCCOc1ccc(C(=O)OCC(=O)Nc2sccc2C(N)=O)cc1. The molecule has 0 aliphatic heterocycles. The van der Waals surface area contributed by atoms with E-state index in [1.807, 2.05) is 0 Å². The number of rotatable bonds is 10. The van der Waals surface area contributed by atoms with Gasteiger partial charge in [-0.05, 0) is 42.1 Å². The fourth-order valence-electron chi connectivity index (χ4n) is 2.21. The van der Waals surface area contributed by atoms with Gasteiger partial charge < -0.3 is 20.5 Å². The summed E-state index contributed by atoms with van der Waals surface area (Å²) in [7, 11) is 0. The average Bonchev–Trinajstić information content (AvgIpc) is 3.12. The van der Waals surface area contributed by atoms with E-state index in [4.69, 9.17) is 15.2 Å². The maximum atomic E-state index is 12.0. The first-order valence-corrected chi connectivity index (χ1v) is 9.46. The highest BCUT2D eigenvalue weighted by atomic mass is 32.1. The first kappa shape index (κ1) is 20.4. The number of carbonyl (C=O) groups is 3. The van der Waals surface area contributed by atoms with Crippen molar-refractivity contribution in [1.29, 1.82) is 0 Å². The van der Waals surface area contributed by atoms with Gasteiger partial charge in [0.25, 0.3) is 11.8 Å². The van der Waals surface area contributed by atoms with Gasteiger partial charge in [-0.2, -0.15) is 0 Å². The number of benzene rings is 1. The molecular formula is C19H22N2O5S. The highest BCUT2D eigenvalue weighted by Crippen LogP contribution is 2.22. The van der Waals surface area contributed by atoms with Crippen molar-refractivity contribution in [3.05, 3.63) is 46.8 Å². The minimum Gasteiger partial charge on any atom is -0.494 e. The van der Waals surface area contributed by atoms with Crippen LogP contribution in [0.1, 0.15) is 46.9 Å². The van der Waals surface area contributed by atoms with Crippen LogP contribution in [-0.2, 0) is 9.53 Å². The summed E-state index contributed by atoms with van der Waals surface area (Å²) in [4.78, 5) is 35.1. The van der Waals surface area contributed by atoms with Gasteiger partial charge in [-0.15, -0.1) is 11.3 Å². The topological polar surface area (TPSA) is 108 Å². The largest absolute Gasteiger partial charge is 0.494 e. The number of hydrogen-bond acceptors (Lipinski definition) is 6. The zero-order valence-corrected chi connectivity index (χ0v) is 15.8. The van der Waals surface area contributed by atoms with Crippen molar-refractivity contribution in [3.63, 3.8) is 0 Å². The van der Waals surface area contributed by atoms with Crippen molar-refractivity contribution in [2.24, 2.45) is 5.73 Å². The van der Waals surface area contributed by atoms with Crippen LogP contribution in [0.15, 0.2) is 35.7 Å². The lowest BCUT2D eigenvalue weighted by Crippen LogP contribution is -2.22. The van der Waals surface area contributed by atoms with E-state index in [9.17, 15) is 14.4 Å². The molecule has 0 aliphatic rings. The molecule has 0 atom stereocenters. The second-order valence-electron chi connectivity index (χ2n) is 5.73. The lowest BCUT2D eigenvalue weighted by molar-refractivity contribution is -0.119. The zero-order chi connectivity index (χ0) is 19.6. The van der Waals surface area contributed by atoms with Gasteiger partial charge in [-0.1, -0.05) is 19.8 Å². The van der Waals surface area contributed by atoms with Crippen molar-refractivity contribution in [2.45, 2.75) is 26.2 Å². The molecular weight excluding hydrogens is 368 g/mol. The molecule has 3 N–H and O–H groups in total. The Morgan fingerprint density at radius 2 is 1.85 bits per heavy atom. The van der Waals surface area contributed by atoms with Gasteiger partial charge in [-0.25, -0.2) is 4.79 Å². The van der Waals surface area contributed by atoms with E-state index in [0.717, 1.165) is 30.6 Å². The molecule has 1 aromatic carbocycles. The first-order chi connectivity index (χ1) is 13.0. The standard InChI is InChI=1S/C19H22N2O5S/c1-2-3-4-10-25-14-7-5-13(6-8-14)19(24)26-12-16(22)21-18-15(17(20)23)9-11-27-18/h5-9,11H,2-4,10,12H2,1H3,(H2,20,23)(H,21,22). The summed E-state index contributed by atoms with van der Waals surface area (Å²) in [5, 5.41) is 4.46. The van der Waals surface area contributed by atoms with Gasteiger partial charge in [0.05, 0.1) is 17.7 Å². The summed E-state index contributed by atoms with van der Waals surface area (Å²) in [5.74, 6) is -1.13. The highest BCUT2D eigenvalue weighted by molar-refractivity contribution is 7.14. The van der Waals surface area contributed by atoms with E-state index in [-0.39, 0.29) is 5.56 Å². The number of anilines is 1. The van der Waals surface area contributed by atoms with Crippen LogP contribution in [0.3, 0.4) is 0 Å². The summed E-state index contributed by atoms with van der Waals surface area (Å²) in [6.45, 7) is 2.29. The van der Waals surface area contributed by atoms with E-state index in [1.54, 1.807) is 29.6 Å². The number of esters is 1. The van der Waals surface area contributed by atoms with Crippen LogP contribution in [0.2, 0.25) is 0 Å². The summed E-state index contributed by atoms with van der Waals surface area (Å²) in [5.41, 5.74) is 5.75. The Morgan fingerprint density at radius 3 is 2.52 bits per heavy atom. The monoisotopic (exact) mass is 390 g/mol. The number of amides is 2. The molecule has 144 valence electrons. The van der Waals surface area contributed by atoms with Gasteiger partial charge in [0.15, 0.2) is 6.61 Å². The van der Waals surface area contributed by atoms with E-state index in [1.165, 1.54) is 6.07 Å². The molecule has 0 aliphatic carbocycles. The fraction of sp³-hybridized carbons (Fsp3) is 0.316. The molecule has 0 unspecified atom stereocenters. The van der Waals surface area contributed by atoms with Gasteiger partial charge in [0.2, 0.25) is 0 Å². The van der Waals surface area contributed by atoms with Crippen molar-refractivity contribution >= 4 is 34.1 Å². The van der Waals surface area contributed by atoms with Crippen molar-refractivity contribution < 1.29 is 23.9 Å². The van der Waals surface area contributed by atoms with Crippen LogP contribution in [0.4, 0.5) is 5.00 Å². The van der Waals surface area contributed by atoms with Crippen LogP contribution in [-0.4, -0.2) is 31.0 Å². The molecule has 2 amide bonds. The van der Waals surface area contributed by atoms with Gasteiger partial charge in [0.1, 0.15) is 10.8 Å². The summed E-state index contributed by atoms with van der Waals surface area (Å²) in [6.07, 6.45) is 3.22. The minimum absolute atomic E-state index is 0.217. The zero-order valence-electron chi connectivity index (χ0n) is 15.0. The molecule has 2 rings (SSSR count). The number of ether oxygens (including phenoxy) is 2. The molecule has 27 heavy (non-hydrogen) atoms. The van der Waals surface area contributed by atoms with E-state index in [0.29, 0.717) is 22.9 Å². The number of carbonyl (C=O) groups excluding carboxylic acids is 3. The minimum atomic E-state index is -0.638. The summed E-state index contributed by atoms with van der Waals surface area (Å²) >= 11 is 1.16. The van der Waals surface area contributed by atoms with Gasteiger partial charge >= 0.3 is 5.97 Å². The highest BCUT2D eigenvalue weighted by Gasteiger charge is 2.14. The molecule has 0 radical (unpaired) electrons. The molecule has 0 spiro atoms. The van der Waals surface area contributed by atoms with Crippen LogP contribution in [0, 0.1) is 0 Å². The Labute approximate surface area is 161 Å². The number of unbranched alkanes of at least 4 members (excludes halogenated alkanes) is 2. The Kier molecular flexibility index (Phi) is 7.81. The van der Waals surface area contributed by atoms with E-state index in [2.05, 4.69) is 12.2 Å². The van der Waals surface area contributed by atoms with Crippen molar-refractivity contribution in [2.75, 3.05) is 18.5 Å². The van der Waals surface area contributed by atoms with Gasteiger partial charge in [-0.3, -0.25) is 9.59 Å². The van der Waals surface area contributed by atoms with Crippen molar-refractivity contribution in [1.82, 2.24) is 0 Å². The third kappa shape index (κ3) is 6.41. The lowest BCUT2D eigenvalue weighted by atomic mass is 10.2. The Morgan fingerprint density at radius 1 is 1.11 bits per heavy atom. The average molecular weight is 390 g/mol. The number of nitrogens with two attached hydrogens (primary N) is 1. The maximum absolute atomic E-state index is 12.0. The van der Waals surface area contributed by atoms with E-state index >= 15 is 0 Å². The third-order valence-corrected chi connectivity index (χ3v) is 4.45. The predicted octanol–water partition coefficient (Wildman–Crippen LogP) is 3.21. The Hall–Kier alpha value is -2.87. The van der Waals surface area contributed by atoms with Crippen LogP contribution in [0.5, 0.6) is 5.75 Å². The third-order valence-electron chi connectivity index (χ3n) is 3.62. The van der Waals surface area contributed by atoms with Crippen molar-refractivity contribution in [3.8, 4) is 5.75 Å². The van der Waals surface area contributed by atoms with Gasteiger partial charge in [0, 0.05) is 0 Å². The molecule has 0 saturated carbocycles. The van der Waals surface area contributed by atoms with Crippen LogP contribution >= 0.6 is 11.3 Å². The van der Waals surface area contributed by atoms with E-state index < -0.39 is 24.4 Å². The molecule has 0 fully saturated rings. The normalized spacial score (nSPS) is 10.3. The summed E-state index contributed by atoms with van der Waals surface area (Å²) < 4.78 is 10.6. The second-order valence-corrected chi connectivity index (χ2v) is 6.65. The Bertz CT molecular complexity index is 786. The summed E-state index contributed by atoms with van der Waals surface area (Å²) in [6, 6.07) is 8.06. The molecule has 7 nitrogen and oxygen atoms in total. The second kappa shape index (κ2) is 10.3.